The Bertz CT molecular complexity index is 583. The molecule has 1 N–H and O–H groups in total. The summed E-state index contributed by atoms with van der Waals surface area (Å²) in [5, 5.41) is 3.50. The van der Waals surface area contributed by atoms with E-state index in [1.807, 2.05) is 34.6 Å². The van der Waals surface area contributed by atoms with Crippen LogP contribution in [0.25, 0.3) is 0 Å². The third-order valence-corrected chi connectivity index (χ3v) is 4.40. The Morgan fingerprint density at radius 3 is 2.75 bits per heavy atom. The Kier molecular flexibility index (Phi) is 5.86. The second-order valence-corrected chi connectivity index (χ2v) is 7.70. The third-order valence-electron chi connectivity index (χ3n) is 4.40. The first-order valence-electron chi connectivity index (χ1n) is 8.64. The summed E-state index contributed by atoms with van der Waals surface area (Å²) in [5.41, 5.74) is 1.60. The topological polar surface area (TPSA) is 41.6 Å². The molecule has 0 radical (unpaired) electrons. The fourth-order valence-electron chi connectivity index (χ4n) is 3.03. The molecular formula is C19H29FN2O2. The van der Waals surface area contributed by atoms with Crippen molar-refractivity contribution in [3.05, 3.63) is 35.1 Å². The van der Waals surface area contributed by atoms with Gasteiger partial charge in [0.1, 0.15) is 11.4 Å². The Labute approximate surface area is 144 Å². The fraction of sp³-hybridized carbons (Fsp3) is 0.632. The smallest absolute Gasteiger partial charge is 0.410 e. The minimum Gasteiger partial charge on any atom is -0.444 e. The van der Waals surface area contributed by atoms with Crippen LogP contribution in [0.4, 0.5) is 9.18 Å². The second kappa shape index (κ2) is 7.51. The maximum atomic E-state index is 13.4. The third kappa shape index (κ3) is 5.20. The molecule has 0 aromatic heterocycles. The molecule has 134 valence electrons. The molecular weight excluding hydrogens is 307 g/mol. The summed E-state index contributed by atoms with van der Waals surface area (Å²) >= 11 is 0. The number of piperidine rings is 1. The van der Waals surface area contributed by atoms with Gasteiger partial charge in [0.25, 0.3) is 0 Å². The van der Waals surface area contributed by atoms with Crippen LogP contribution in [-0.2, 0) is 11.3 Å². The van der Waals surface area contributed by atoms with Gasteiger partial charge in [-0.05, 0) is 70.7 Å². The number of hydrogen-bond acceptors (Lipinski definition) is 3. The van der Waals surface area contributed by atoms with Gasteiger partial charge >= 0.3 is 6.09 Å². The summed E-state index contributed by atoms with van der Waals surface area (Å²) in [6.45, 7) is 11.0. The van der Waals surface area contributed by atoms with Crippen molar-refractivity contribution < 1.29 is 13.9 Å². The zero-order valence-corrected chi connectivity index (χ0v) is 15.4. The van der Waals surface area contributed by atoms with Gasteiger partial charge in [-0.1, -0.05) is 6.07 Å². The molecule has 0 saturated carbocycles. The molecule has 2 unspecified atom stereocenters. The van der Waals surface area contributed by atoms with Gasteiger partial charge < -0.3 is 15.0 Å². The Morgan fingerprint density at radius 1 is 1.42 bits per heavy atom. The lowest BCUT2D eigenvalue weighted by atomic mass is 9.98. The van der Waals surface area contributed by atoms with E-state index in [1.54, 1.807) is 17.0 Å². The van der Waals surface area contributed by atoms with Crippen LogP contribution in [0, 0.1) is 12.7 Å². The van der Waals surface area contributed by atoms with Crippen molar-refractivity contribution in [2.45, 2.75) is 71.7 Å². The van der Waals surface area contributed by atoms with E-state index in [-0.39, 0.29) is 18.0 Å². The largest absolute Gasteiger partial charge is 0.444 e. The van der Waals surface area contributed by atoms with Crippen molar-refractivity contribution in [2.24, 2.45) is 0 Å². The maximum Gasteiger partial charge on any atom is 0.410 e. The van der Waals surface area contributed by atoms with Crippen molar-refractivity contribution >= 4 is 6.09 Å². The molecule has 1 aromatic rings. The van der Waals surface area contributed by atoms with E-state index in [9.17, 15) is 9.18 Å². The van der Waals surface area contributed by atoms with E-state index < -0.39 is 5.60 Å². The average molecular weight is 336 g/mol. The van der Waals surface area contributed by atoms with E-state index in [0.717, 1.165) is 24.0 Å². The number of carbonyl (C=O) groups excluding carboxylic acids is 1. The van der Waals surface area contributed by atoms with Gasteiger partial charge in [-0.25, -0.2) is 9.18 Å². The van der Waals surface area contributed by atoms with E-state index in [2.05, 4.69) is 5.32 Å². The Hall–Kier alpha value is -1.62. The Balaban J connectivity index is 1.87. The zero-order valence-electron chi connectivity index (χ0n) is 15.4. The predicted octanol–water partition coefficient (Wildman–Crippen LogP) is 4.01. The molecule has 0 aliphatic carbocycles. The fourth-order valence-corrected chi connectivity index (χ4v) is 3.03. The first-order chi connectivity index (χ1) is 11.2. The number of rotatable bonds is 3. The van der Waals surface area contributed by atoms with Gasteiger partial charge in [-0.2, -0.15) is 0 Å². The lowest BCUT2D eigenvalue weighted by Crippen LogP contribution is -2.50. The molecule has 0 bridgehead atoms. The molecule has 1 aliphatic rings. The molecule has 24 heavy (non-hydrogen) atoms. The van der Waals surface area contributed by atoms with Crippen LogP contribution < -0.4 is 5.32 Å². The number of aryl methyl sites for hydroxylation is 1. The summed E-state index contributed by atoms with van der Waals surface area (Å²) in [7, 11) is 0. The van der Waals surface area contributed by atoms with Crippen molar-refractivity contribution in [1.82, 2.24) is 10.2 Å². The van der Waals surface area contributed by atoms with E-state index in [4.69, 9.17) is 4.74 Å². The van der Waals surface area contributed by atoms with Crippen LogP contribution in [0.1, 0.15) is 51.7 Å². The number of hydrogen-bond donors (Lipinski definition) is 1. The molecule has 2 atom stereocenters. The quantitative estimate of drug-likeness (QED) is 0.907. The van der Waals surface area contributed by atoms with Gasteiger partial charge in [0.05, 0.1) is 0 Å². The number of benzene rings is 1. The average Bonchev–Trinajstić information content (AvgIpc) is 2.46. The normalized spacial score (nSPS) is 21.7. The van der Waals surface area contributed by atoms with Crippen molar-refractivity contribution in [1.29, 1.82) is 0 Å². The van der Waals surface area contributed by atoms with E-state index in [0.29, 0.717) is 19.1 Å². The highest BCUT2D eigenvalue weighted by Crippen LogP contribution is 2.21. The molecule has 1 saturated heterocycles. The van der Waals surface area contributed by atoms with Gasteiger partial charge in [-0.15, -0.1) is 0 Å². The molecule has 1 fully saturated rings. The van der Waals surface area contributed by atoms with E-state index in [1.165, 1.54) is 6.07 Å². The van der Waals surface area contributed by atoms with E-state index >= 15 is 0 Å². The monoisotopic (exact) mass is 336 g/mol. The summed E-state index contributed by atoms with van der Waals surface area (Å²) in [5.74, 6) is -0.203. The lowest BCUT2D eigenvalue weighted by molar-refractivity contribution is 0.00932. The van der Waals surface area contributed by atoms with Gasteiger partial charge in [0.2, 0.25) is 0 Å². The van der Waals surface area contributed by atoms with Crippen molar-refractivity contribution in [2.75, 3.05) is 6.54 Å². The van der Waals surface area contributed by atoms with Gasteiger partial charge in [0, 0.05) is 25.2 Å². The van der Waals surface area contributed by atoms with Crippen LogP contribution in [0.5, 0.6) is 0 Å². The highest BCUT2D eigenvalue weighted by molar-refractivity contribution is 5.68. The Morgan fingerprint density at radius 2 is 2.12 bits per heavy atom. The molecule has 2 rings (SSSR count). The molecule has 1 aromatic carbocycles. The summed E-state index contributed by atoms with van der Waals surface area (Å²) in [6, 6.07) is 5.32. The minimum absolute atomic E-state index is 0.125. The number of carbonyl (C=O) groups is 1. The van der Waals surface area contributed by atoms with Crippen LogP contribution >= 0.6 is 0 Å². The molecule has 1 amide bonds. The maximum absolute atomic E-state index is 13.4. The van der Waals surface area contributed by atoms with Gasteiger partial charge in [-0.3, -0.25) is 0 Å². The summed E-state index contributed by atoms with van der Waals surface area (Å²) < 4.78 is 18.8. The minimum atomic E-state index is -0.471. The van der Waals surface area contributed by atoms with Gasteiger partial charge in [0.15, 0.2) is 0 Å². The van der Waals surface area contributed by atoms with Crippen LogP contribution in [0.15, 0.2) is 18.2 Å². The second-order valence-electron chi connectivity index (χ2n) is 7.70. The SMILES string of the molecule is Cc1ccc(F)cc1CNC1CCN(C(=O)OC(C)(C)C)C(C)C1. The highest BCUT2D eigenvalue weighted by atomic mass is 19.1. The summed E-state index contributed by atoms with van der Waals surface area (Å²) in [6.07, 6.45) is 1.50. The molecule has 4 nitrogen and oxygen atoms in total. The van der Waals surface area contributed by atoms with Crippen molar-refractivity contribution in [3.8, 4) is 0 Å². The molecule has 5 heteroatoms. The molecule has 1 heterocycles. The van der Waals surface area contributed by atoms with Crippen LogP contribution in [0.2, 0.25) is 0 Å². The number of ether oxygens (including phenoxy) is 1. The van der Waals surface area contributed by atoms with Crippen LogP contribution in [0.3, 0.4) is 0 Å². The molecule has 0 spiro atoms. The number of halogens is 1. The number of nitrogens with one attached hydrogen (secondary N) is 1. The van der Waals surface area contributed by atoms with Crippen LogP contribution in [-0.4, -0.2) is 35.2 Å². The van der Waals surface area contributed by atoms with Crippen molar-refractivity contribution in [3.63, 3.8) is 0 Å². The lowest BCUT2D eigenvalue weighted by Gasteiger charge is -2.38. The number of amides is 1. The first-order valence-corrected chi connectivity index (χ1v) is 8.64. The molecule has 1 aliphatic heterocycles. The number of likely N-dealkylation sites (tertiary alicyclic amines) is 1. The predicted molar refractivity (Wildman–Crippen MR) is 93.4 cm³/mol. The first kappa shape index (κ1) is 18.7. The zero-order chi connectivity index (χ0) is 17.9. The summed E-state index contributed by atoms with van der Waals surface area (Å²) in [4.78, 5) is 14.0. The highest BCUT2D eigenvalue weighted by Gasteiger charge is 2.31. The standard InChI is InChI=1S/C19H29FN2O2/c1-13-6-7-16(20)11-15(13)12-21-17-8-9-22(14(2)10-17)18(23)24-19(3,4)5/h6-7,11,14,17,21H,8-10,12H2,1-5H3. The number of nitrogens with zero attached hydrogens (tertiary/aromatic N) is 1.